The van der Waals surface area contributed by atoms with Crippen molar-refractivity contribution in [1.82, 2.24) is 9.80 Å². The molecule has 2 aromatic rings. The number of piperazine rings is 1. The number of benzene rings is 2. The van der Waals surface area contributed by atoms with Crippen LogP contribution in [0.3, 0.4) is 0 Å². The van der Waals surface area contributed by atoms with E-state index in [1.807, 2.05) is 53.1 Å². The highest BCUT2D eigenvalue weighted by molar-refractivity contribution is 5.97. The molecule has 2 aromatic carbocycles. The summed E-state index contributed by atoms with van der Waals surface area (Å²) in [6.07, 6.45) is 0.931. The Morgan fingerprint density at radius 3 is 2.39 bits per heavy atom. The van der Waals surface area contributed by atoms with E-state index in [4.69, 9.17) is 0 Å². The summed E-state index contributed by atoms with van der Waals surface area (Å²) < 4.78 is 0. The predicted molar refractivity (Wildman–Crippen MR) is 111 cm³/mol. The van der Waals surface area contributed by atoms with Crippen molar-refractivity contribution in [1.29, 1.82) is 0 Å². The molecule has 0 saturated carbocycles. The van der Waals surface area contributed by atoms with Gasteiger partial charge in [-0.1, -0.05) is 24.3 Å². The van der Waals surface area contributed by atoms with Gasteiger partial charge < -0.3 is 9.80 Å². The Hall–Kier alpha value is -2.66. The van der Waals surface area contributed by atoms with E-state index < -0.39 is 0 Å². The normalized spacial score (nSPS) is 16.9. The molecule has 2 aliphatic heterocycles. The van der Waals surface area contributed by atoms with Crippen LogP contribution < -0.4 is 4.90 Å². The molecule has 1 saturated heterocycles. The van der Waals surface area contributed by atoms with Gasteiger partial charge >= 0.3 is 0 Å². The molecule has 0 aromatic heterocycles. The average molecular weight is 377 g/mol. The maximum Gasteiger partial charge on any atom is 0.253 e. The molecule has 0 atom stereocenters. The van der Waals surface area contributed by atoms with Gasteiger partial charge in [0.05, 0.1) is 6.54 Å². The summed E-state index contributed by atoms with van der Waals surface area (Å²) in [6.45, 7) is 8.06. The van der Waals surface area contributed by atoms with E-state index in [2.05, 4.69) is 17.9 Å². The lowest BCUT2D eigenvalue weighted by molar-refractivity contribution is -0.120. The van der Waals surface area contributed by atoms with Crippen molar-refractivity contribution < 1.29 is 9.59 Å². The monoisotopic (exact) mass is 377 g/mol. The summed E-state index contributed by atoms with van der Waals surface area (Å²) in [5.41, 5.74) is 5.39. The quantitative estimate of drug-likeness (QED) is 0.826. The molecular formula is C23H27N3O2. The van der Waals surface area contributed by atoms with E-state index in [0.717, 1.165) is 42.9 Å². The van der Waals surface area contributed by atoms with Crippen LogP contribution in [0.4, 0.5) is 5.69 Å². The van der Waals surface area contributed by atoms with Gasteiger partial charge in [0.1, 0.15) is 0 Å². The van der Waals surface area contributed by atoms with Crippen LogP contribution in [0.2, 0.25) is 0 Å². The number of fused-ring (bicyclic) bond motifs is 1. The molecule has 2 amide bonds. The topological polar surface area (TPSA) is 43.9 Å². The Bertz CT molecular complexity index is 900. The molecule has 1 fully saturated rings. The third-order valence-electron chi connectivity index (χ3n) is 5.96. The summed E-state index contributed by atoms with van der Waals surface area (Å²) >= 11 is 0. The number of carbonyl (C=O) groups excluding carboxylic acids is 2. The minimum Gasteiger partial charge on any atom is -0.336 e. The van der Waals surface area contributed by atoms with Crippen LogP contribution in [-0.2, 0) is 11.2 Å². The second-order valence-electron chi connectivity index (χ2n) is 7.79. The Balaban J connectivity index is 1.32. The fourth-order valence-corrected chi connectivity index (χ4v) is 4.04. The molecule has 0 N–H and O–H groups in total. The second-order valence-corrected chi connectivity index (χ2v) is 7.79. The zero-order valence-corrected chi connectivity index (χ0v) is 16.6. The van der Waals surface area contributed by atoms with E-state index >= 15 is 0 Å². The number of para-hydroxylation sites is 1. The van der Waals surface area contributed by atoms with Crippen molar-refractivity contribution in [3.8, 4) is 0 Å². The molecule has 0 spiro atoms. The molecule has 0 aliphatic carbocycles. The molecule has 28 heavy (non-hydrogen) atoms. The highest BCUT2D eigenvalue weighted by Gasteiger charge is 2.28. The van der Waals surface area contributed by atoms with Crippen LogP contribution >= 0.6 is 0 Å². The molecule has 0 bridgehead atoms. The fraction of sp³-hybridized carbons (Fsp3) is 0.391. The third kappa shape index (κ3) is 3.67. The number of carbonyl (C=O) groups is 2. The number of aryl methyl sites for hydroxylation is 2. The van der Waals surface area contributed by atoms with Crippen LogP contribution in [-0.4, -0.2) is 60.9 Å². The van der Waals surface area contributed by atoms with Gasteiger partial charge in [-0.15, -0.1) is 0 Å². The first-order valence-electron chi connectivity index (χ1n) is 10.00. The average Bonchev–Trinajstić information content (AvgIpc) is 3.14. The first kappa shape index (κ1) is 18.7. The number of hydrogen-bond acceptors (Lipinski definition) is 3. The largest absolute Gasteiger partial charge is 0.336 e. The molecule has 5 heteroatoms. The first-order valence-corrected chi connectivity index (χ1v) is 10.00. The summed E-state index contributed by atoms with van der Waals surface area (Å²) in [5, 5.41) is 0. The lowest BCUT2D eigenvalue weighted by atomic mass is 10.1. The first-order chi connectivity index (χ1) is 13.5. The molecule has 2 heterocycles. The Morgan fingerprint density at radius 1 is 0.893 bits per heavy atom. The molecule has 5 nitrogen and oxygen atoms in total. The van der Waals surface area contributed by atoms with Gasteiger partial charge in [-0.2, -0.15) is 0 Å². The van der Waals surface area contributed by atoms with E-state index in [1.165, 1.54) is 11.1 Å². The number of amides is 2. The van der Waals surface area contributed by atoms with Gasteiger partial charge in [-0.3, -0.25) is 14.5 Å². The zero-order chi connectivity index (χ0) is 19.7. The predicted octanol–water partition coefficient (Wildman–Crippen LogP) is 2.65. The fourth-order valence-electron chi connectivity index (χ4n) is 4.04. The van der Waals surface area contributed by atoms with E-state index in [-0.39, 0.29) is 11.8 Å². The van der Waals surface area contributed by atoms with Crippen molar-refractivity contribution in [2.45, 2.75) is 20.3 Å². The summed E-state index contributed by atoms with van der Waals surface area (Å²) in [6, 6.07) is 14.0. The standard InChI is InChI=1S/C23H27N3O2/c1-17-7-8-20(15-18(17)2)23(28)25-13-11-24(12-14-25)16-22(27)26-10-9-19-5-3-4-6-21(19)26/h3-8,15H,9-14,16H2,1-2H3. The van der Waals surface area contributed by atoms with Crippen LogP contribution in [0, 0.1) is 13.8 Å². The minimum absolute atomic E-state index is 0.0857. The SMILES string of the molecule is Cc1ccc(C(=O)N2CCN(CC(=O)N3CCc4ccccc43)CC2)cc1C. The smallest absolute Gasteiger partial charge is 0.253 e. The minimum atomic E-state index is 0.0857. The Morgan fingerprint density at radius 2 is 1.64 bits per heavy atom. The molecule has 2 aliphatic rings. The lowest BCUT2D eigenvalue weighted by Crippen LogP contribution is -2.51. The maximum absolute atomic E-state index is 12.8. The summed E-state index contributed by atoms with van der Waals surface area (Å²) in [4.78, 5) is 31.5. The van der Waals surface area contributed by atoms with E-state index in [1.54, 1.807) is 0 Å². The highest BCUT2D eigenvalue weighted by Crippen LogP contribution is 2.27. The summed E-state index contributed by atoms with van der Waals surface area (Å²) in [7, 11) is 0. The van der Waals surface area contributed by atoms with Crippen molar-refractivity contribution in [3.63, 3.8) is 0 Å². The van der Waals surface area contributed by atoms with E-state index in [0.29, 0.717) is 19.6 Å². The van der Waals surface area contributed by atoms with Crippen LogP contribution in [0.5, 0.6) is 0 Å². The van der Waals surface area contributed by atoms with Gasteiger partial charge in [0, 0.05) is 44.0 Å². The Labute approximate surface area is 166 Å². The van der Waals surface area contributed by atoms with E-state index in [9.17, 15) is 9.59 Å². The lowest BCUT2D eigenvalue weighted by Gasteiger charge is -2.35. The van der Waals surface area contributed by atoms with Crippen molar-refractivity contribution in [2.24, 2.45) is 0 Å². The second kappa shape index (κ2) is 7.76. The molecule has 4 rings (SSSR count). The molecular weight excluding hydrogens is 350 g/mol. The van der Waals surface area contributed by atoms with Crippen LogP contribution in [0.1, 0.15) is 27.0 Å². The molecule has 0 unspecified atom stereocenters. The molecule has 146 valence electrons. The van der Waals surface area contributed by atoms with Crippen molar-refractivity contribution >= 4 is 17.5 Å². The maximum atomic E-state index is 12.8. The van der Waals surface area contributed by atoms with Crippen molar-refractivity contribution in [3.05, 3.63) is 64.7 Å². The highest BCUT2D eigenvalue weighted by atomic mass is 16.2. The number of nitrogens with zero attached hydrogens (tertiary/aromatic N) is 3. The van der Waals surface area contributed by atoms with Gasteiger partial charge in [0.25, 0.3) is 5.91 Å². The number of anilines is 1. The Kier molecular flexibility index (Phi) is 5.18. The summed E-state index contributed by atoms with van der Waals surface area (Å²) in [5.74, 6) is 0.237. The van der Waals surface area contributed by atoms with Crippen molar-refractivity contribution in [2.75, 3.05) is 44.2 Å². The van der Waals surface area contributed by atoms with Gasteiger partial charge in [0.2, 0.25) is 5.91 Å². The van der Waals surface area contributed by atoms with Gasteiger partial charge in [-0.25, -0.2) is 0 Å². The number of hydrogen-bond donors (Lipinski definition) is 0. The number of rotatable bonds is 3. The van der Waals surface area contributed by atoms with Crippen LogP contribution in [0.25, 0.3) is 0 Å². The van der Waals surface area contributed by atoms with Gasteiger partial charge in [-0.05, 0) is 55.2 Å². The van der Waals surface area contributed by atoms with Crippen LogP contribution in [0.15, 0.2) is 42.5 Å². The zero-order valence-electron chi connectivity index (χ0n) is 16.6. The van der Waals surface area contributed by atoms with Gasteiger partial charge in [0.15, 0.2) is 0 Å². The third-order valence-corrected chi connectivity index (χ3v) is 5.96. The molecule has 0 radical (unpaired) electrons.